The molecular weight excluding hydrogens is 479 g/mol. The summed E-state index contributed by atoms with van der Waals surface area (Å²) in [6.45, 7) is 5.39. The number of likely N-dealkylation sites (tertiary alicyclic amines) is 1. The average Bonchev–Trinajstić information content (AvgIpc) is 3.58. The van der Waals surface area contributed by atoms with Crippen LogP contribution in [-0.4, -0.2) is 51.5 Å². The zero-order valence-electron chi connectivity index (χ0n) is 21.9. The predicted molar refractivity (Wildman–Crippen MR) is 146 cm³/mol. The van der Waals surface area contributed by atoms with Crippen LogP contribution in [0.1, 0.15) is 53.4 Å². The highest BCUT2D eigenvalue weighted by Gasteiger charge is 2.28. The minimum absolute atomic E-state index is 0.0320. The van der Waals surface area contributed by atoms with E-state index in [-0.39, 0.29) is 17.3 Å². The lowest BCUT2D eigenvalue weighted by molar-refractivity contribution is -0.539. The Bertz CT molecular complexity index is 1450. The van der Waals surface area contributed by atoms with Crippen LogP contribution in [0.2, 0.25) is 0 Å². The number of H-pyrrole nitrogens is 1. The van der Waals surface area contributed by atoms with Gasteiger partial charge in [0, 0.05) is 31.8 Å². The van der Waals surface area contributed by atoms with Crippen LogP contribution >= 0.6 is 0 Å². The van der Waals surface area contributed by atoms with Gasteiger partial charge in [0.15, 0.2) is 11.4 Å². The Hall–Kier alpha value is -3.75. The van der Waals surface area contributed by atoms with Gasteiger partial charge in [0.1, 0.15) is 22.7 Å². The Kier molecular flexibility index (Phi) is 7.72. The molecule has 3 heterocycles. The van der Waals surface area contributed by atoms with Crippen LogP contribution in [0.25, 0.3) is 11.2 Å². The third-order valence-electron chi connectivity index (χ3n) is 7.72. The molecule has 0 aliphatic carbocycles. The molecule has 0 radical (unpaired) electrons. The Morgan fingerprint density at radius 2 is 2.05 bits per heavy atom. The van der Waals surface area contributed by atoms with E-state index in [4.69, 9.17) is 5.41 Å². The van der Waals surface area contributed by atoms with Crippen molar-refractivity contribution < 1.29 is 14.5 Å². The van der Waals surface area contributed by atoms with E-state index in [1.165, 1.54) is 23.9 Å². The molecule has 4 aromatic rings. The largest absolute Gasteiger partial charge is 0.344 e. The summed E-state index contributed by atoms with van der Waals surface area (Å²) < 4.78 is 13.7. The molecule has 5 rings (SSSR count). The van der Waals surface area contributed by atoms with Crippen molar-refractivity contribution in [1.29, 1.82) is 5.41 Å². The van der Waals surface area contributed by atoms with E-state index in [1.54, 1.807) is 24.6 Å². The van der Waals surface area contributed by atoms with Crippen LogP contribution in [0, 0.1) is 23.1 Å². The molecule has 38 heavy (non-hydrogen) atoms. The minimum Gasteiger partial charge on any atom is -0.344 e. The number of nitrogens with one attached hydrogen (secondary N) is 2. The van der Waals surface area contributed by atoms with Crippen molar-refractivity contribution in [2.75, 3.05) is 20.1 Å². The Morgan fingerprint density at radius 1 is 1.24 bits per heavy atom. The highest BCUT2D eigenvalue weighted by Crippen LogP contribution is 2.29. The molecule has 2 unspecified atom stereocenters. The number of ketones is 1. The summed E-state index contributed by atoms with van der Waals surface area (Å²) in [5.41, 5.74) is 4.51. The summed E-state index contributed by atoms with van der Waals surface area (Å²) in [6, 6.07) is 14.9. The van der Waals surface area contributed by atoms with Gasteiger partial charge in [-0.3, -0.25) is 15.1 Å². The van der Waals surface area contributed by atoms with E-state index in [0.29, 0.717) is 51.9 Å². The van der Waals surface area contributed by atoms with Crippen molar-refractivity contribution in [3.8, 4) is 0 Å². The first-order valence-electron chi connectivity index (χ1n) is 13.2. The van der Waals surface area contributed by atoms with Gasteiger partial charge in [-0.1, -0.05) is 37.3 Å². The third-order valence-corrected chi connectivity index (χ3v) is 7.72. The first-order valence-corrected chi connectivity index (χ1v) is 13.2. The van der Waals surface area contributed by atoms with Crippen LogP contribution in [0.4, 0.5) is 10.1 Å². The molecule has 0 amide bonds. The van der Waals surface area contributed by atoms with Gasteiger partial charge in [-0.2, -0.15) is 0 Å². The minimum atomic E-state index is -0.356. The van der Waals surface area contributed by atoms with E-state index in [9.17, 15) is 9.18 Å². The topological polar surface area (TPSA) is 102 Å². The van der Waals surface area contributed by atoms with E-state index < -0.39 is 0 Å². The quantitative estimate of drug-likeness (QED) is 0.166. The lowest BCUT2D eigenvalue weighted by atomic mass is 9.88. The number of carbonyl (C=O) groups excluding carboxylic acids is 1. The van der Waals surface area contributed by atoms with Crippen LogP contribution in [-0.2, 0) is 6.54 Å². The van der Waals surface area contributed by atoms with Gasteiger partial charge in [0.25, 0.3) is 0 Å². The molecule has 2 aromatic carbocycles. The maximum absolute atomic E-state index is 13.7. The number of carbonyl (C=O) groups is 1. The maximum Gasteiger partial charge on any atom is 0.166 e. The van der Waals surface area contributed by atoms with Crippen molar-refractivity contribution in [3.63, 3.8) is 0 Å². The zero-order valence-corrected chi connectivity index (χ0v) is 21.9. The van der Waals surface area contributed by atoms with Crippen LogP contribution in [0.5, 0.6) is 0 Å². The molecule has 7 nitrogen and oxygen atoms in total. The molecule has 0 saturated carbocycles. The number of nitrogens with two attached hydrogens (primary N) is 1. The van der Waals surface area contributed by atoms with E-state index in [0.717, 1.165) is 32.5 Å². The second-order valence-electron chi connectivity index (χ2n) is 10.3. The second kappa shape index (κ2) is 11.3. The number of rotatable bonds is 10. The second-order valence-corrected chi connectivity index (χ2v) is 10.3. The van der Waals surface area contributed by atoms with Crippen LogP contribution in [0.15, 0.2) is 60.9 Å². The SMILES string of the molecule is C[NH2+]c1cc(F)ccc1C(=N)c1cnc2[nH]cc(C(=O)CCC(C)C3CCN(Cc4ccccc4)C3)c2n1. The van der Waals surface area contributed by atoms with Crippen LogP contribution < -0.4 is 5.32 Å². The standard InChI is InChI=1S/C30H33FN6O/c1-19(21-12-13-37(18-21)17-20-6-4-3-5-7-20)8-11-27(38)24-15-34-30-29(24)36-26(16-35-30)28(32)23-10-9-22(31)14-25(23)33-2/h3-7,9-10,14-16,19,21,32-33H,8,11-13,17-18H2,1-2H3,(H,34,35)/p+1. The van der Waals surface area contributed by atoms with E-state index >= 15 is 0 Å². The summed E-state index contributed by atoms with van der Waals surface area (Å²) >= 11 is 0. The summed E-state index contributed by atoms with van der Waals surface area (Å²) in [5.74, 6) is 0.707. The molecule has 1 aliphatic rings. The predicted octanol–water partition coefficient (Wildman–Crippen LogP) is 4.46. The van der Waals surface area contributed by atoms with Crippen molar-refractivity contribution >= 4 is 28.3 Å². The molecule has 0 spiro atoms. The lowest BCUT2D eigenvalue weighted by Gasteiger charge is -2.20. The molecule has 196 valence electrons. The van der Waals surface area contributed by atoms with Gasteiger partial charge in [0.2, 0.25) is 0 Å². The fourth-order valence-electron chi connectivity index (χ4n) is 5.40. The first-order chi connectivity index (χ1) is 18.4. The molecule has 2 aromatic heterocycles. The number of aromatic amines is 1. The molecule has 1 aliphatic heterocycles. The highest BCUT2D eigenvalue weighted by atomic mass is 19.1. The van der Waals surface area contributed by atoms with Crippen molar-refractivity contribution in [2.24, 2.45) is 11.8 Å². The molecule has 1 fully saturated rings. The van der Waals surface area contributed by atoms with E-state index in [1.807, 2.05) is 6.07 Å². The third kappa shape index (κ3) is 5.56. The Morgan fingerprint density at radius 3 is 2.84 bits per heavy atom. The lowest BCUT2D eigenvalue weighted by Crippen LogP contribution is -2.73. The van der Waals surface area contributed by atoms with Gasteiger partial charge < -0.3 is 10.3 Å². The Labute approximate surface area is 222 Å². The smallest absolute Gasteiger partial charge is 0.166 e. The van der Waals surface area contributed by atoms with Crippen molar-refractivity contribution in [3.05, 3.63) is 89.1 Å². The van der Waals surface area contributed by atoms with E-state index in [2.05, 4.69) is 51.0 Å². The number of quaternary nitrogens is 1. The van der Waals surface area contributed by atoms with Gasteiger partial charge >= 0.3 is 0 Å². The monoisotopic (exact) mass is 513 g/mol. The molecule has 4 N–H and O–H groups in total. The number of aromatic nitrogens is 3. The number of fused-ring (bicyclic) bond motifs is 1. The average molecular weight is 514 g/mol. The molecular formula is C30H34FN6O+. The fraction of sp³-hybridized carbons (Fsp3) is 0.333. The zero-order chi connectivity index (χ0) is 26.6. The van der Waals surface area contributed by atoms with Crippen molar-refractivity contribution in [2.45, 2.75) is 32.7 Å². The number of nitrogens with zero attached hydrogens (tertiary/aromatic N) is 3. The molecule has 0 bridgehead atoms. The number of hydrogen-bond acceptors (Lipinski definition) is 5. The summed E-state index contributed by atoms with van der Waals surface area (Å²) in [7, 11) is 1.80. The first kappa shape index (κ1) is 25.9. The van der Waals surface area contributed by atoms with Gasteiger partial charge in [-0.15, -0.1) is 0 Å². The maximum atomic E-state index is 13.7. The number of halogens is 1. The molecule has 2 atom stereocenters. The Balaban J connectivity index is 1.24. The molecule has 1 saturated heterocycles. The summed E-state index contributed by atoms with van der Waals surface area (Å²) in [5, 5.41) is 10.4. The fourth-order valence-corrected chi connectivity index (χ4v) is 5.40. The summed E-state index contributed by atoms with van der Waals surface area (Å²) in [6.07, 6.45) is 5.61. The number of benzene rings is 2. The molecule has 8 heteroatoms. The normalized spacial score (nSPS) is 16.7. The van der Waals surface area contributed by atoms with Gasteiger partial charge in [-0.05, 0) is 48.9 Å². The summed E-state index contributed by atoms with van der Waals surface area (Å²) in [4.78, 5) is 27.8. The number of Topliss-reactive ketones (excluding diaryl/α,β-unsaturated/α-hetero) is 1. The van der Waals surface area contributed by atoms with Gasteiger partial charge in [-0.25, -0.2) is 14.4 Å². The van der Waals surface area contributed by atoms with Gasteiger partial charge in [0.05, 0.1) is 30.1 Å². The number of hydrogen-bond donors (Lipinski definition) is 3. The highest BCUT2D eigenvalue weighted by molar-refractivity contribution is 6.13. The van der Waals surface area contributed by atoms with Crippen LogP contribution in [0.3, 0.4) is 0 Å². The van der Waals surface area contributed by atoms with Crippen molar-refractivity contribution in [1.82, 2.24) is 19.9 Å².